The molecular formula is C9H2ClF3N2O3. The van der Waals surface area contributed by atoms with Crippen LogP contribution < -0.4 is 0 Å². The minimum Gasteiger partial charge on any atom is -0.276 e. The third kappa shape index (κ3) is 2.57. The number of rotatable bonds is 2. The van der Waals surface area contributed by atoms with Crippen molar-refractivity contribution in [2.24, 2.45) is 0 Å². The van der Waals surface area contributed by atoms with Crippen molar-refractivity contribution < 1.29 is 22.9 Å². The number of benzene rings is 1. The predicted molar refractivity (Wildman–Crippen MR) is 53.0 cm³/mol. The Bertz CT molecular complexity index is 542. The molecule has 5 nitrogen and oxygen atoms in total. The first-order valence-electron chi connectivity index (χ1n) is 4.18. The Balaban J connectivity index is 3.72. The first-order valence-corrected chi connectivity index (χ1v) is 4.56. The SMILES string of the molecule is N#Cc1c(C(=O)Cl)cc(C(F)(F)F)cc1[N+](=O)[O-]. The van der Waals surface area contributed by atoms with Crippen LogP contribution in [0.25, 0.3) is 0 Å². The zero-order valence-electron chi connectivity index (χ0n) is 8.29. The Morgan fingerprint density at radius 3 is 2.33 bits per heavy atom. The topological polar surface area (TPSA) is 84.0 Å². The normalized spacial score (nSPS) is 10.8. The van der Waals surface area contributed by atoms with Gasteiger partial charge in [-0.1, -0.05) is 0 Å². The molecule has 0 bridgehead atoms. The number of hydrogen-bond acceptors (Lipinski definition) is 4. The van der Waals surface area contributed by atoms with E-state index in [1.54, 1.807) is 0 Å². The van der Waals surface area contributed by atoms with Gasteiger partial charge in [-0.3, -0.25) is 14.9 Å². The maximum absolute atomic E-state index is 12.5. The number of halogens is 4. The fourth-order valence-electron chi connectivity index (χ4n) is 1.21. The van der Waals surface area contributed by atoms with Crippen molar-refractivity contribution in [3.8, 4) is 6.07 Å². The highest BCUT2D eigenvalue weighted by molar-refractivity contribution is 6.68. The van der Waals surface area contributed by atoms with Crippen molar-refractivity contribution in [1.82, 2.24) is 0 Å². The molecule has 0 radical (unpaired) electrons. The maximum atomic E-state index is 12.5. The smallest absolute Gasteiger partial charge is 0.276 e. The number of nitrogens with zero attached hydrogens (tertiary/aromatic N) is 2. The second-order valence-electron chi connectivity index (χ2n) is 3.06. The average Bonchev–Trinajstić information content (AvgIpc) is 2.25. The lowest BCUT2D eigenvalue weighted by Gasteiger charge is -2.08. The molecule has 1 aromatic rings. The first-order chi connectivity index (χ1) is 8.18. The van der Waals surface area contributed by atoms with Crippen molar-refractivity contribution in [2.45, 2.75) is 6.18 Å². The summed E-state index contributed by atoms with van der Waals surface area (Å²) >= 11 is 5.01. The molecule has 0 spiro atoms. The molecule has 0 heterocycles. The highest BCUT2D eigenvalue weighted by Crippen LogP contribution is 2.35. The van der Waals surface area contributed by atoms with Crippen LogP contribution in [0.15, 0.2) is 12.1 Å². The van der Waals surface area contributed by atoms with E-state index in [1.807, 2.05) is 0 Å². The van der Waals surface area contributed by atoms with Gasteiger partial charge in [-0.25, -0.2) is 0 Å². The van der Waals surface area contributed by atoms with Gasteiger partial charge in [0.2, 0.25) is 0 Å². The van der Waals surface area contributed by atoms with Gasteiger partial charge in [0.1, 0.15) is 11.6 Å². The molecular weight excluding hydrogens is 277 g/mol. The van der Waals surface area contributed by atoms with Crippen LogP contribution >= 0.6 is 11.6 Å². The minimum atomic E-state index is -4.89. The first kappa shape index (κ1) is 13.9. The van der Waals surface area contributed by atoms with Crippen LogP contribution in [0.5, 0.6) is 0 Å². The Morgan fingerprint density at radius 2 is 2.00 bits per heavy atom. The zero-order chi connectivity index (χ0) is 14.1. The van der Waals surface area contributed by atoms with Crippen LogP contribution in [0.3, 0.4) is 0 Å². The Kier molecular flexibility index (Phi) is 3.57. The summed E-state index contributed by atoms with van der Waals surface area (Å²) in [6.07, 6.45) is -4.89. The summed E-state index contributed by atoms with van der Waals surface area (Å²) < 4.78 is 37.4. The minimum absolute atomic E-state index is 0.182. The third-order valence-corrected chi connectivity index (χ3v) is 2.17. The van der Waals surface area contributed by atoms with Crippen LogP contribution in [0.1, 0.15) is 21.5 Å². The molecule has 0 N–H and O–H groups in total. The van der Waals surface area contributed by atoms with E-state index in [0.717, 1.165) is 0 Å². The summed E-state index contributed by atoms with van der Waals surface area (Å²) in [6, 6.07) is 1.78. The van der Waals surface area contributed by atoms with Crippen molar-refractivity contribution in [1.29, 1.82) is 5.26 Å². The van der Waals surface area contributed by atoms with E-state index in [4.69, 9.17) is 16.9 Å². The second-order valence-corrected chi connectivity index (χ2v) is 3.40. The van der Waals surface area contributed by atoms with Gasteiger partial charge in [-0.2, -0.15) is 18.4 Å². The number of nitro benzene ring substituents is 1. The molecule has 1 rings (SSSR count). The van der Waals surface area contributed by atoms with E-state index in [9.17, 15) is 28.1 Å². The number of nitriles is 1. The van der Waals surface area contributed by atoms with E-state index in [2.05, 4.69) is 0 Å². The predicted octanol–water partition coefficient (Wildman–Crippen LogP) is 2.86. The van der Waals surface area contributed by atoms with Crippen molar-refractivity contribution >= 4 is 22.5 Å². The summed E-state index contributed by atoms with van der Waals surface area (Å²) in [5.41, 5.74) is -4.18. The molecule has 94 valence electrons. The van der Waals surface area contributed by atoms with E-state index in [0.29, 0.717) is 6.07 Å². The van der Waals surface area contributed by atoms with Crippen LogP contribution in [-0.2, 0) is 6.18 Å². The van der Waals surface area contributed by atoms with Crippen LogP contribution in [0.2, 0.25) is 0 Å². The highest BCUT2D eigenvalue weighted by atomic mass is 35.5. The number of alkyl halides is 3. The van der Waals surface area contributed by atoms with Gasteiger partial charge < -0.3 is 0 Å². The lowest BCUT2D eigenvalue weighted by atomic mass is 10.0. The largest absolute Gasteiger partial charge is 0.416 e. The zero-order valence-corrected chi connectivity index (χ0v) is 9.04. The fraction of sp³-hybridized carbons (Fsp3) is 0.111. The van der Waals surface area contributed by atoms with Crippen molar-refractivity contribution in [3.63, 3.8) is 0 Å². The molecule has 0 aromatic heterocycles. The van der Waals surface area contributed by atoms with E-state index < -0.39 is 38.7 Å². The number of carbonyl (C=O) groups excluding carboxylic acids is 1. The Morgan fingerprint density at radius 1 is 1.44 bits per heavy atom. The molecule has 0 aliphatic heterocycles. The second kappa shape index (κ2) is 4.62. The van der Waals surface area contributed by atoms with Crippen LogP contribution in [0, 0.1) is 21.4 Å². The molecule has 0 atom stereocenters. The van der Waals surface area contributed by atoms with E-state index in [1.165, 1.54) is 6.07 Å². The fourth-order valence-corrected chi connectivity index (χ4v) is 1.36. The van der Waals surface area contributed by atoms with Gasteiger partial charge >= 0.3 is 6.18 Å². The molecule has 9 heteroatoms. The Hall–Kier alpha value is -2.14. The Labute approximate surface area is 103 Å². The van der Waals surface area contributed by atoms with E-state index in [-0.39, 0.29) is 6.07 Å². The molecule has 0 aliphatic carbocycles. The average molecular weight is 279 g/mol. The summed E-state index contributed by atoms with van der Waals surface area (Å²) in [5.74, 6) is 0. The quantitative estimate of drug-likeness (QED) is 0.473. The number of carbonyl (C=O) groups is 1. The molecule has 0 saturated heterocycles. The summed E-state index contributed by atoms with van der Waals surface area (Å²) in [7, 11) is 0. The summed E-state index contributed by atoms with van der Waals surface area (Å²) in [5, 5.41) is 17.8. The standard InChI is InChI=1S/C9H2ClF3N2O3/c10-8(16)5-1-4(9(11,12)13)2-7(15(17)18)6(5)3-14/h1-2H. The van der Waals surface area contributed by atoms with Crippen LogP contribution in [0.4, 0.5) is 18.9 Å². The van der Waals surface area contributed by atoms with Gasteiger partial charge in [0, 0.05) is 6.07 Å². The van der Waals surface area contributed by atoms with Gasteiger partial charge in [0.05, 0.1) is 16.1 Å². The molecule has 0 amide bonds. The highest BCUT2D eigenvalue weighted by Gasteiger charge is 2.35. The monoisotopic (exact) mass is 278 g/mol. The molecule has 18 heavy (non-hydrogen) atoms. The molecule has 0 unspecified atom stereocenters. The molecule has 0 aliphatic rings. The van der Waals surface area contributed by atoms with Gasteiger partial charge in [0.25, 0.3) is 10.9 Å². The summed E-state index contributed by atoms with van der Waals surface area (Å²) in [6.45, 7) is 0. The van der Waals surface area contributed by atoms with Crippen molar-refractivity contribution in [3.05, 3.63) is 38.9 Å². The van der Waals surface area contributed by atoms with Gasteiger partial charge in [-0.05, 0) is 17.7 Å². The molecule has 0 saturated carbocycles. The number of hydrogen-bond donors (Lipinski definition) is 0. The van der Waals surface area contributed by atoms with Crippen LogP contribution in [-0.4, -0.2) is 10.2 Å². The maximum Gasteiger partial charge on any atom is 0.416 e. The molecule has 1 aromatic carbocycles. The summed E-state index contributed by atoms with van der Waals surface area (Å²) in [4.78, 5) is 20.3. The number of nitro groups is 1. The van der Waals surface area contributed by atoms with Crippen molar-refractivity contribution in [2.75, 3.05) is 0 Å². The van der Waals surface area contributed by atoms with Gasteiger partial charge in [0.15, 0.2) is 0 Å². The van der Waals surface area contributed by atoms with E-state index >= 15 is 0 Å². The lowest BCUT2D eigenvalue weighted by Crippen LogP contribution is -2.09. The molecule has 0 fully saturated rings. The third-order valence-electron chi connectivity index (χ3n) is 1.97. The van der Waals surface area contributed by atoms with Gasteiger partial charge in [-0.15, -0.1) is 0 Å². The lowest BCUT2D eigenvalue weighted by molar-refractivity contribution is -0.385.